The van der Waals surface area contributed by atoms with Gasteiger partial charge in [0.2, 0.25) is 0 Å². The fourth-order valence-electron chi connectivity index (χ4n) is 3.35. The molecule has 0 aromatic carbocycles. The van der Waals surface area contributed by atoms with Crippen molar-refractivity contribution in [2.75, 3.05) is 0 Å². The van der Waals surface area contributed by atoms with Crippen molar-refractivity contribution in [1.29, 1.82) is 0 Å². The van der Waals surface area contributed by atoms with Crippen molar-refractivity contribution in [3.8, 4) is 0 Å². The second-order valence-corrected chi connectivity index (χ2v) is 6.18. The van der Waals surface area contributed by atoms with Gasteiger partial charge in [0.15, 0.2) is 0 Å². The highest BCUT2D eigenvalue weighted by molar-refractivity contribution is 5.00. The lowest BCUT2D eigenvalue weighted by molar-refractivity contribution is 0.260. The van der Waals surface area contributed by atoms with E-state index in [9.17, 15) is 0 Å². The number of nitrogens with one attached hydrogen (secondary N) is 1. The Morgan fingerprint density at radius 2 is 2.05 bits per heavy atom. The molecule has 0 radical (unpaired) electrons. The van der Waals surface area contributed by atoms with Gasteiger partial charge in [-0.2, -0.15) is 0 Å². The van der Waals surface area contributed by atoms with Crippen molar-refractivity contribution in [2.45, 2.75) is 77.9 Å². The van der Waals surface area contributed by atoms with E-state index in [2.05, 4.69) is 35.6 Å². The van der Waals surface area contributed by atoms with E-state index in [1.54, 1.807) is 0 Å². The van der Waals surface area contributed by atoms with E-state index in [-0.39, 0.29) is 0 Å². The molecule has 1 unspecified atom stereocenters. The molecule has 1 saturated carbocycles. The van der Waals surface area contributed by atoms with Crippen LogP contribution in [0.5, 0.6) is 0 Å². The van der Waals surface area contributed by atoms with E-state index in [1.807, 2.05) is 12.5 Å². The van der Waals surface area contributed by atoms with Crippen molar-refractivity contribution in [1.82, 2.24) is 14.9 Å². The number of aromatic nitrogens is 2. The van der Waals surface area contributed by atoms with Gasteiger partial charge in [-0.3, -0.25) is 0 Å². The smallest absolute Gasteiger partial charge is 0.0951 e. The van der Waals surface area contributed by atoms with Gasteiger partial charge in [-0.25, -0.2) is 4.98 Å². The molecule has 19 heavy (non-hydrogen) atoms. The molecule has 0 saturated heterocycles. The fourth-order valence-corrected chi connectivity index (χ4v) is 3.35. The minimum absolute atomic E-state index is 0.494. The van der Waals surface area contributed by atoms with Crippen LogP contribution in [0, 0.1) is 5.92 Å². The van der Waals surface area contributed by atoms with Crippen molar-refractivity contribution >= 4 is 0 Å². The zero-order chi connectivity index (χ0) is 13.7. The molecule has 1 aromatic heterocycles. The highest BCUT2D eigenvalue weighted by Crippen LogP contribution is 2.27. The molecule has 0 spiro atoms. The van der Waals surface area contributed by atoms with Crippen LogP contribution in [0.2, 0.25) is 0 Å². The first kappa shape index (κ1) is 14.6. The minimum Gasteiger partial charge on any atom is -0.331 e. The summed E-state index contributed by atoms with van der Waals surface area (Å²) in [5, 5.41) is 3.78. The molecule has 0 aliphatic heterocycles. The second-order valence-electron chi connectivity index (χ2n) is 6.18. The number of hydrogen-bond donors (Lipinski definition) is 1. The quantitative estimate of drug-likeness (QED) is 0.843. The third-order valence-corrected chi connectivity index (χ3v) is 4.51. The normalized spacial score (nSPS) is 18.9. The third-order valence-electron chi connectivity index (χ3n) is 4.51. The lowest BCUT2D eigenvalue weighted by Gasteiger charge is -2.30. The molecule has 3 nitrogen and oxygen atoms in total. The summed E-state index contributed by atoms with van der Waals surface area (Å²) in [6, 6.07) is 1.17. The summed E-state index contributed by atoms with van der Waals surface area (Å²) in [5.41, 5.74) is 1.31. The Morgan fingerprint density at radius 3 is 2.68 bits per heavy atom. The van der Waals surface area contributed by atoms with Gasteiger partial charge >= 0.3 is 0 Å². The van der Waals surface area contributed by atoms with E-state index in [4.69, 9.17) is 0 Å². The average Bonchev–Trinajstić information content (AvgIpc) is 2.89. The van der Waals surface area contributed by atoms with Gasteiger partial charge in [0.1, 0.15) is 0 Å². The molecule has 108 valence electrons. The molecule has 1 aliphatic rings. The number of imidazole rings is 1. The topological polar surface area (TPSA) is 29.9 Å². The first-order valence-electron chi connectivity index (χ1n) is 7.96. The molecule has 2 rings (SSSR count). The van der Waals surface area contributed by atoms with E-state index in [1.165, 1.54) is 44.2 Å². The van der Waals surface area contributed by atoms with Gasteiger partial charge in [0.25, 0.3) is 0 Å². The largest absolute Gasteiger partial charge is 0.331 e. The van der Waals surface area contributed by atoms with E-state index < -0.39 is 0 Å². The molecule has 3 heteroatoms. The molecular formula is C16H29N3. The van der Waals surface area contributed by atoms with E-state index in [0.717, 1.165) is 12.5 Å². The summed E-state index contributed by atoms with van der Waals surface area (Å²) in [6.07, 6.45) is 12.3. The van der Waals surface area contributed by atoms with Crippen molar-refractivity contribution < 1.29 is 0 Å². The third kappa shape index (κ3) is 3.82. The minimum atomic E-state index is 0.494. The van der Waals surface area contributed by atoms with Crippen LogP contribution in [0.3, 0.4) is 0 Å². The van der Waals surface area contributed by atoms with Crippen LogP contribution in [0.25, 0.3) is 0 Å². The SMILES string of the molecule is CCC(NCc1cncn1C(C)C)C1CCCCC1. The van der Waals surface area contributed by atoms with Gasteiger partial charge in [0, 0.05) is 24.8 Å². The maximum atomic E-state index is 4.28. The molecule has 0 amide bonds. The van der Waals surface area contributed by atoms with Crippen LogP contribution >= 0.6 is 0 Å². The zero-order valence-electron chi connectivity index (χ0n) is 12.7. The monoisotopic (exact) mass is 263 g/mol. The summed E-state index contributed by atoms with van der Waals surface area (Å²) in [4.78, 5) is 4.28. The molecule has 1 aromatic rings. The Bertz CT molecular complexity index is 364. The van der Waals surface area contributed by atoms with Crippen LogP contribution in [0.4, 0.5) is 0 Å². The Labute approximate surface area is 117 Å². The van der Waals surface area contributed by atoms with Crippen LogP contribution in [-0.2, 0) is 6.54 Å². The standard InChI is InChI=1S/C16H29N3/c1-4-16(14-8-6-5-7-9-14)18-11-15-10-17-12-19(15)13(2)3/h10,12-14,16,18H,4-9,11H2,1-3H3. The van der Waals surface area contributed by atoms with Crippen molar-refractivity contribution in [3.63, 3.8) is 0 Å². The van der Waals surface area contributed by atoms with Crippen LogP contribution < -0.4 is 5.32 Å². The summed E-state index contributed by atoms with van der Waals surface area (Å²) >= 11 is 0. The Hall–Kier alpha value is -0.830. The summed E-state index contributed by atoms with van der Waals surface area (Å²) in [7, 11) is 0. The van der Waals surface area contributed by atoms with Crippen LogP contribution in [0.15, 0.2) is 12.5 Å². The number of rotatable bonds is 6. The van der Waals surface area contributed by atoms with Crippen molar-refractivity contribution in [2.24, 2.45) is 5.92 Å². The predicted octanol–water partition coefficient (Wildman–Crippen LogP) is 3.91. The maximum absolute atomic E-state index is 4.28. The van der Waals surface area contributed by atoms with Gasteiger partial charge in [-0.1, -0.05) is 26.2 Å². The molecule has 1 N–H and O–H groups in total. The lowest BCUT2D eigenvalue weighted by atomic mass is 9.83. The van der Waals surface area contributed by atoms with Gasteiger partial charge in [-0.15, -0.1) is 0 Å². The summed E-state index contributed by atoms with van der Waals surface area (Å²) in [5.74, 6) is 0.883. The average molecular weight is 263 g/mol. The zero-order valence-corrected chi connectivity index (χ0v) is 12.7. The molecule has 0 bridgehead atoms. The Morgan fingerprint density at radius 1 is 1.32 bits per heavy atom. The summed E-state index contributed by atoms with van der Waals surface area (Å²) < 4.78 is 2.26. The van der Waals surface area contributed by atoms with Crippen LogP contribution in [0.1, 0.15) is 71.0 Å². The molecular weight excluding hydrogens is 234 g/mol. The van der Waals surface area contributed by atoms with Crippen molar-refractivity contribution in [3.05, 3.63) is 18.2 Å². The van der Waals surface area contributed by atoms with E-state index in [0.29, 0.717) is 12.1 Å². The first-order chi connectivity index (χ1) is 9.22. The number of nitrogens with zero attached hydrogens (tertiary/aromatic N) is 2. The number of hydrogen-bond acceptors (Lipinski definition) is 2. The lowest BCUT2D eigenvalue weighted by Crippen LogP contribution is -2.36. The first-order valence-corrected chi connectivity index (χ1v) is 7.96. The molecule has 1 aliphatic carbocycles. The Kier molecular flexibility index (Phi) is 5.44. The Balaban J connectivity index is 1.90. The maximum Gasteiger partial charge on any atom is 0.0951 e. The second kappa shape index (κ2) is 7.09. The van der Waals surface area contributed by atoms with Gasteiger partial charge < -0.3 is 9.88 Å². The molecule has 1 fully saturated rings. The predicted molar refractivity (Wildman–Crippen MR) is 80.1 cm³/mol. The van der Waals surface area contributed by atoms with E-state index >= 15 is 0 Å². The highest BCUT2D eigenvalue weighted by Gasteiger charge is 2.22. The fraction of sp³-hybridized carbons (Fsp3) is 0.812. The van der Waals surface area contributed by atoms with Gasteiger partial charge in [-0.05, 0) is 39.0 Å². The van der Waals surface area contributed by atoms with Crippen LogP contribution in [-0.4, -0.2) is 15.6 Å². The molecule has 1 atom stereocenters. The highest BCUT2D eigenvalue weighted by atomic mass is 15.1. The summed E-state index contributed by atoms with van der Waals surface area (Å²) in [6.45, 7) is 7.69. The van der Waals surface area contributed by atoms with Gasteiger partial charge in [0.05, 0.1) is 12.0 Å². The molecule has 1 heterocycles.